The first kappa shape index (κ1) is 12.9. The minimum absolute atomic E-state index is 0.0108. The van der Waals surface area contributed by atoms with Gasteiger partial charge in [-0.2, -0.15) is 0 Å². The third-order valence-electron chi connectivity index (χ3n) is 2.49. The zero-order valence-electron chi connectivity index (χ0n) is 9.87. The van der Waals surface area contributed by atoms with Crippen molar-refractivity contribution in [2.24, 2.45) is 0 Å². The number of nitrogen functional groups attached to an aromatic ring is 1. The summed E-state index contributed by atoms with van der Waals surface area (Å²) >= 11 is 7.43. The molecule has 0 saturated carbocycles. The van der Waals surface area contributed by atoms with Crippen LogP contribution in [0.1, 0.15) is 22.2 Å². The minimum Gasteiger partial charge on any atom is -0.397 e. The van der Waals surface area contributed by atoms with Crippen molar-refractivity contribution in [2.45, 2.75) is 13.5 Å². The summed E-state index contributed by atoms with van der Waals surface area (Å²) in [5.74, 6) is -0.0108. The SMILES string of the molecule is CC(=O)c1sc(NCc2ccccc2Cl)cc1N. The highest BCUT2D eigenvalue weighted by Gasteiger charge is 2.10. The second kappa shape index (κ2) is 5.42. The molecule has 0 fully saturated rings. The van der Waals surface area contributed by atoms with Gasteiger partial charge in [-0.1, -0.05) is 29.8 Å². The van der Waals surface area contributed by atoms with E-state index in [1.165, 1.54) is 18.3 Å². The highest BCUT2D eigenvalue weighted by Crippen LogP contribution is 2.30. The van der Waals surface area contributed by atoms with E-state index in [1.807, 2.05) is 24.3 Å². The molecule has 0 spiro atoms. The van der Waals surface area contributed by atoms with E-state index in [2.05, 4.69) is 5.32 Å². The van der Waals surface area contributed by atoms with Crippen LogP contribution in [-0.2, 0) is 6.54 Å². The van der Waals surface area contributed by atoms with Crippen LogP contribution in [0, 0.1) is 0 Å². The molecule has 0 unspecified atom stereocenters. The van der Waals surface area contributed by atoms with Crippen LogP contribution in [0.5, 0.6) is 0 Å². The van der Waals surface area contributed by atoms with Crippen molar-refractivity contribution >= 4 is 39.4 Å². The Balaban J connectivity index is 2.09. The fourth-order valence-corrected chi connectivity index (χ4v) is 2.66. The summed E-state index contributed by atoms with van der Waals surface area (Å²) in [7, 11) is 0. The smallest absolute Gasteiger partial charge is 0.171 e. The summed E-state index contributed by atoms with van der Waals surface area (Å²) in [6, 6.07) is 9.41. The molecule has 0 amide bonds. The fourth-order valence-electron chi connectivity index (χ4n) is 1.59. The number of benzene rings is 1. The van der Waals surface area contributed by atoms with Gasteiger partial charge in [0.2, 0.25) is 0 Å². The Morgan fingerprint density at radius 1 is 1.44 bits per heavy atom. The summed E-state index contributed by atoms with van der Waals surface area (Å²) in [4.78, 5) is 11.9. The van der Waals surface area contributed by atoms with Gasteiger partial charge in [-0.25, -0.2) is 0 Å². The van der Waals surface area contributed by atoms with E-state index in [0.29, 0.717) is 17.1 Å². The molecule has 0 aliphatic rings. The summed E-state index contributed by atoms with van der Waals surface area (Å²) in [5.41, 5.74) is 7.30. The predicted molar refractivity (Wildman–Crippen MR) is 77.5 cm³/mol. The molecule has 2 rings (SSSR count). The quantitative estimate of drug-likeness (QED) is 0.838. The molecule has 1 aromatic carbocycles. The highest BCUT2D eigenvalue weighted by molar-refractivity contribution is 7.18. The topological polar surface area (TPSA) is 55.1 Å². The Morgan fingerprint density at radius 2 is 2.17 bits per heavy atom. The van der Waals surface area contributed by atoms with Crippen molar-refractivity contribution in [3.63, 3.8) is 0 Å². The zero-order chi connectivity index (χ0) is 13.1. The Kier molecular flexibility index (Phi) is 3.89. The number of anilines is 2. The van der Waals surface area contributed by atoms with Gasteiger partial charge in [0.1, 0.15) is 0 Å². The molecule has 1 heterocycles. The number of carbonyl (C=O) groups excluding carboxylic acids is 1. The van der Waals surface area contributed by atoms with Crippen molar-refractivity contribution in [3.05, 3.63) is 45.8 Å². The minimum atomic E-state index is -0.0108. The molecule has 3 N–H and O–H groups in total. The lowest BCUT2D eigenvalue weighted by Crippen LogP contribution is -1.97. The highest BCUT2D eigenvalue weighted by atomic mass is 35.5. The second-order valence-corrected chi connectivity index (χ2v) is 5.36. The van der Waals surface area contributed by atoms with Crippen LogP contribution in [0.15, 0.2) is 30.3 Å². The van der Waals surface area contributed by atoms with Crippen LogP contribution < -0.4 is 11.1 Å². The van der Waals surface area contributed by atoms with E-state index in [-0.39, 0.29) is 5.78 Å². The van der Waals surface area contributed by atoms with Gasteiger partial charge in [-0.3, -0.25) is 4.79 Å². The van der Waals surface area contributed by atoms with E-state index in [0.717, 1.165) is 15.6 Å². The number of ketones is 1. The van der Waals surface area contributed by atoms with Gasteiger partial charge in [0.15, 0.2) is 5.78 Å². The van der Waals surface area contributed by atoms with Gasteiger partial charge >= 0.3 is 0 Å². The number of hydrogen-bond acceptors (Lipinski definition) is 4. The maximum atomic E-state index is 11.3. The van der Waals surface area contributed by atoms with Crippen LogP contribution in [-0.4, -0.2) is 5.78 Å². The molecule has 0 saturated heterocycles. The van der Waals surface area contributed by atoms with Crippen molar-refractivity contribution in [1.82, 2.24) is 0 Å². The number of nitrogens with two attached hydrogens (primary N) is 1. The summed E-state index contributed by atoms with van der Waals surface area (Å²) in [6.45, 7) is 2.12. The standard InChI is InChI=1S/C13H13ClN2OS/c1-8(17)13-11(15)6-12(18-13)16-7-9-4-2-3-5-10(9)14/h2-6,16H,7,15H2,1H3. The van der Waals surface area contributed by atoms with Crippen LogP contribution in [0.25, 0.3) is 0 Å². The first-order valence-electron chi connectivity index (χ1n) is 5.45. The first-order valence-corrected chi connectivity index (χ1v) is 6.65. The second-order valence-electron chi connectivity index (χ2n) is 3.90. The van der Waals surface area contributed by atoms with Gasteiger partial charge in [-0.15, -0.1) is 11.3 Å². The molecule has 1 aromatic heterocycles. The number of rotatable bonds is 4. The van der Waals surface area contributed by atoms with Gasteiger partial charge in [0.25, 0.3) is 0 Å². The summed E-state index contributed by atoms with van der Waals surface area (Å²) < 4.78 is 0. The molecule has 5 heteroatoms. The number of halogens is 1. The van der Waals surface area contributed by atoms with Crippen LogP contribution in [0.2, 0.25) is 5.02 Å². The van der Waals surface area contributed by atoms with Crippen molar-refractivity contribution in [3.8, 4) is 0 Å². The molecule has 0 aliphatic heterocycles. The van der Waals surface area contributed by atoms with Crippen molar-refractivity contribution in [1.29, 1.82) is 0 Å². The molecular weight excluding hydrogens is 268 g/mol. The Hall–Kier alpha value is -1.52. The maximum Gasteiger partial charge on any atom is 0.171 e. The van der Waals surface area contributed by atoms with E-state index in [1.54, 1.807) is 6.07 Å². The molecule has 0 atom stereocenters. The number of carbonyl (C=O) groups is 1. The molecule has 3 nitrogen and oxygen atoms in total. The fraction of sp³-hybridized carbons (Fsp3) is 0.154. The van der Waals surface area contributed by atoms with Gasteiger partial charge < -0.3 is 11.1 Å². The Bertz CT molecular complexity index is 580. The Morgan fingerprint density at radius 3 is 2.78 bits per heavy atom. The van der Waals surface area contributed by atoms with Gasteiger partial charge in [0, 0.05) is 18.5 Å². The van der Waals surface area contributed by atoms with Gasteiger partial charge in [0.05, 0.1) is 15.6 Å². The Labute approximate surface area is 115 Å². The summed E-state index contributed by atoms with van der Waals surface area (Å²) in [6.07, 6.45) is 0. The zero-order valence-corrected chi connectivity index (χ0v) is 11.4. The van der Waals surface area contributed by atoms with Crippen molar-refractivity contribution in [2.75, 3.05) is 11.1 Å². The van der Waals surface area contributed by atoms with E-state index in [9.17, 15) is 4.79 Å². The van der Waals surface area contributed by atoms with Crippen LogP contribution in [0.3, 0.4) is 0 Å². The molecule has 0 aliphatic carbocycles. The molecule has 0 radical (unpaired) electrons. The van der Waals surface area contributed by atoms with E-state index < -0.39 is 0 Å². The average Bonchev–Trinajstić information content (AvgIpc) is 2.70. The van der Waals surface area contributed by atoms with Gasteiger partial charge in [-0.05, 0) is 17.7 Å². The molecule has 2 aromatic rings. The lowest BCUT2D eigenvalue weighted by molar-refractivity contribution is 0.102. The predicted octanol–water partition coefficient (Wildman–Crippen LogP) is 3.80. The number of thiophene rings is 1. The van der Waals surface area contributed by atoms with E-state index >= 15 is 0 Å². The average molecular weight is 281 g/mol. The molecule has 94 valence electrons. The van der Waals surface area contributed by atoms with E-state index in [4.69, 9.17) is 17.3 Å². The number of Topliss-reactive ketones (excluding diaryl/α,β-unsaturated/α-hetero) is 1. The normalized spacial score (nSPS) is 10.3. The third-order valence-corrected chi connectivity index (χ3v) is 4.07. The van der Waals surface area contributed by atoms with Crippen LogP contribution in [0.4, 0.5) is 10.7 Å². The van der Waals surface area contributed by atoms with Crippen molar-refractivity contribution < 1.29 is 4.79 Å². The first-order chi connectivity index (χ1) is 8.58. The molecule has 18 heavy (non-hydrogen) atoms. The van der Waals surface area contributed by atoms with Crippen LogP contribution >= 0.6 is 22.9 Å². The molecular formula is C13H13ClN2OS. The number of nitrogens with one attached hydrogen (secondary N) is 1. The lowest BCUT2D eigenvalue weighted by Gasteiger charge is -2.05. The summed E-state index contributed by atoms with van der Waals surface area (Å²) in [5, 5.41) is 4.82. The monoisotopic (exact) mass is 280 g/mol. The maximum absolute atomic E-state index is 11.3. The largest absolute Gasteiger partial charge is 0.397 e. The number of hydrogen-bond donors (Lipinski definition) is 2. The third kappa shape index (κ3) is 2.83. The lowest BCUT2D eigenvalue weighted by atomic mass is 10.2. The molecule has 0 bridgehead atoms.